The van der Waals surface area contributed by atoms with Crippen molar-refractivity contribution in [3.05, 3.63) is 75.4 Å². The molecule has 2 aliphatic rings. The lowest BCUT2D eigenvalue weighted by atomic mass is 9.56. The summed E-state index contributed by atoms with van der Waals surface area (Å²) in [5, 5.41) is 0. The van der Waals surface area contributed by atoms with Crippen LogP contribution in [0.3, 0.4) is 0 Å². The van der Waals surface area contributed by atoms with Gasteiger partial charge in [-0.1, -0.05) is 52.5 Å². The van der Waals surface area contributed by atoms with E-state index in [1.54, 1.807) is 19.1 Å². The van der Waals surface area contributed by atoms with Gasteiger partial charge in [-0.25, -0.2) is 13.4 Å². The molecule has 0 saturated carbocycles. The fraction of sp³-hybridized carbons (Fsp3) is 0.464. The summed E-state index contributed by atoms with van der Waals surface area (Å²) in [4.78, 5) is 0. The maximum absolute atomic E-state index is 15.6. The molecule has 1 aliphatic carbocycles. The molecule has 2 aromatic carbocycles. The summed E-state index contributed by atoms with van der Waals surface area (Å²) >= 11 is 0. The van der Waals surface area contributed by atoms with E-state index in [1.165, 1.54) is 5.56 Å². The Morgan fingerprint density at radius 1 is 1.00 bits per heavy atom. The van der Waals surface area contributed by atoms with Crippen LogP contribution in [-0.4, -0.2) is 22.9 Å². The van der Waals surface area contributed by atoms with Crippen molar-refractivity contribution in [1.82, 2.24) is 0 Å². The molecule has 0 saturated heterocycles. The Hall–Kier alpha value is -2.29. The molecule has 0 N–H and O–H groups in total. The van der Waals surface area contributed by atoms with E-state index in [2.05, 4.69) is 59.7 Å². The quantitative estimate of drug-likeness (QED) is 0.474. The Morgan fingerprint density at radius 3 is 2.19 bits per heavy atom. The Morgan fingerprint density at radius 2 is 1.65 bits per heavy atom. The fourth-order valence-electron chi connectivity index (χ4n) is 6.35. The van der Waals surface area contributed by atoms with Crippen molar-refractivity contribution >= 4 is 11.8 Å². The molecule has 1 nitrogen and oxygen atoms in total. The molecule has 1 aliphatic heterocycles. The van der Waals surface area contributed by atoms with Crippen LogP contribution in [0.15, 0.2) is 24.8 Å². The van der Waals surface area contributed by atoms with Gasteiger partial charge in [0.2, 0.25) is 5.71 Å². The number of hydrogen-bond donors (Lipinski definition) is 0. The molecule has 1 heterocycles. The number of likely N-dealkylation sites (N-methyl/N-ethyl adjacent to an activating group) is 1. The molecule has 2 atom stereocenters. The number of halogens is 2. The standard InChI is InChI=1S/C28H34F2N/c1-10-17-21-19(15-16(4)24(17)30)26(5,6)23-20(29)14-13-18-22(23)25(21)31(9)28(8,12-3)27(18,7)11-2/h10,13-15H,1,11-12H2,2-9H3/q+1. The molecule has 3 heteroatoms. The summed E-state index contributed by atoms with van der Waals surface area (Å²) in [6.45, 7) is 18.8. The van der Waals surface area contributed by atoms with Gasteiger partial charge in [0, 0.05) is 29.9 Å². The molecule has 164 valence electrons. The highest BCUT2D eigenvalue weighted by atomic mass is 19.1. The highest BCUT2D eigenvalue weighted by Crippen LogP contribution is 2.54. The lowest BCUT2D eigenvalue weighted by Gasteiger charge is -2.50. The van der Waals surface area contributed by atoms with Crippen molar-refractivity contribution in [3.8, 4) is 0 Å². The predicted molar refractivity (Wildman–Crippen MR) is 125 cm³/mol. The molecule has 0 radical (unpaired) electrons. The summed E-state index contributed by atoms with van der Waals surface area (Å²) in [5.41, 5.74) is 5.69. The average Bonchev–Trinajstić information content (AvgIpc) is 2.73. The minimum Gasteiger partial charge on any atom is -0.226 e. The first kappa shape index (κ1) is 21.9. The Labute approximate surface area is 185 Å². The van der Waals surface area contributed by atoms with Crippen molar-refractivity contribution in [1.29, 1.82) is 0 Å². The van der Waals surface area contributed by atoms with E-state index >= 15 is 8.78 Å². The number of aryl methyl sites for hydroxylation is 1. The van der Waals surface area contributed by atoms with Crippen LogP contribution in [0, 0.1) is 18.6 Å². The molecule has 4 rings (SSSR count). The second kappa shape index (κ2) is 6.60. The maximum Gasteiger partial charge on any atom is 0.216 e. The molecule has 0 spiro atoms. The van der Waals surface area contributed by atoms with E-state index in [4.69, 9.17) is 0 Å². The third kappa shape index (κ3) is 2.38. The van der Waals surface area contributed by atoms with Crippen molar-refractivity contribution in [3.63, 3.8) is 0 Å². The van der Waals surface area contributed by atoms with E-state index in [0.717, 1.165) is 40.8 Å². The predicted octanol–water partition coefficient (Wildman–Crippen LogP) is 6.89. The average molecular weight is 423 g/mol. The van der Waals surface area contributed by atoms with E-state index in [-0.39, 0.29) is 22.6 Å². The first-order valence-electron chi connectivity index (χ1n) is 11.3. The maximum atomic E-state index is 15.6. The van der Waals surface area contributed by atoms with Crippen LogP contribution >= 0.6 is 0 Å². The summed E-state index contributed by atoms with van der Waals surface area (Å²) in [6.07, 6.45) is 3.47. The number of benzene rings is 2. The third-order valence-electron chi connectivity index (χ3n) is 8.87. The summed E-state index contributed by atoms with van der Waals surface area (Å²) < 4.78 is 33.2. The van der Waals surface area contributed by atoms with Crippen LogP contribution in [0.4, 0.5) is 8.78 Å². The van der Waals surface area contributed by atoms with E-state index in [0.29, 0.717) is 11.1 Å². The van der Waals surface area contributed by atoms with Crippen molar-refractivity contribution < 1.29 is 13.4 Å². The Balaban J connectivity index is 2.34. The topological polar surface area (TPSA) is 3.01 Å². The molecular weight excluding hydrogens is 388 g/mol. The first-order valence-corrected chi connectivity index (χ1v) is 11.3. The van der Waals surface area contributed by atoms with Crippen molar-refractivity contribution in [2.24, 2.45) is 0 Å². The lowest BCUT2D eigenvalue weighted by Crippen LogP contribution is -2.60. The molecular formula is C28H34F2N+. The van der Waals surface area contributed by atoms with E-state index < -0.39 is 5.41 Å². The molecule has 2 aromatic rings. The molecule has 0 amide bonds. The fourth-order valence-corrected chi connectivity index (χ4v) is 6.35. The van der Waals surface area contributed by atoms with Crippen LogP contribution < -0.4 is 0 Å². The monoisotopic (exact) mass is 422 g/mol. The van der Waals surface area contributed by atoms with Crippen molar-refractivity contribution in [2.75, 3.05) is 7.05 Å². The molecule has 0 aromatic heterocycles. The van der Waals surface area contributed by atoms with Gasteiger partial charge >= 0.3 is 0 Å². The van der Waals surface area contributed by atoms with E-state index in [9.17, 15) is 0 Å². The van der Waals surface area contributed by atoms with Gasteiger partial charge in [-0.2, -0.15) is 0 Å². The summed E-state index contributed by atoms with van der Waals surface area (Å²) in [6, 6.07) is 5.51. The SMILES string of the molecule is C=Cc1c(F)c(C)cc2c1C1=[N+](C)C(C)(CC)C(C)(CC)c3ccc(F)c(c31)C2(C)C. The second-order valence-electron chi connectivity index (χ2n) is 10.2. The molecule has 2 unspecified atom stereocenters. The third-order valence-corrected chi connectivity index (χ3v) is 8.87. The highest BCUT2D eigenvalue weighted by molar-refractivity contribution is 6.17. The minimum atomic E-state index is -0.597. The van der Waals surface area contributed by atoms with Gasteiger partial charge in [-0.3, -0.25) is 0 Å². The van der Waals surface area contributed by atoms with Gasteiger partial charge < -0.3 is 0 Å². The smallest absolute Gasteiger partial charge is 0.216 e. The number of rotatable bonds is 3. The molecule has 31 heavy (non-hydrogen) atoms. The van der Waals surface area contributed by atoms with Gasteiger partial charge in [0.1, 0.15) is 18.7 Å². The van der Waals surface area contributed by atoms with Gasteiger partial charge in [-0.05, 0) is 43.0 Å². The minimum absolute atomic E-state index is 0.178. The number of nitrogens with zero attached hydrogens (tertiary/aromatic N) is 1. The van der Waals surface area contributed by atoms with Gasteiger partial charge in [0.25, 0.3) is 0 Å². The van der Waals surface area contributed by atoms with E-state index in [1.807, 2.05) is 12.1 Å². The highest BCUT2D eigenvalue weighted by Gasteiger charge is 2.59. The van der Waals surface area contributed by atoms with Gasteiger partial charge in [0.15, 0.2) is 5.54 Å². The second-order valence-corrected chi connectivity index (χ2v) is 10.2. The number of hydrogen-bond acceptors (Lipinski definition) is 0. The summed E-state index contributed by atoms with van der Waals surface area (Å²) in [5.74, 6) is -0.435. The summed E-state index contributed by atoms with van der Waals surface area (Å²) in [7, 11) is 2.09. The largest absolute Gasteiger partial charge is 0.226 e. The zero-order chi connectivity index (χ0) is 23.1. The van der Waals surface area contributed by atoms with Gasteiger partial charge in [0.05, 0.1) is 16.5 Å². The molecule has 0 fully saturated rings. The normalized spacial score (nSPS) is 25.9. The Bertz CT molecular complexity index is 1170. The van der Waals surface area contributed by atoms with Crippen molar-refractivity contribution in [2.45, 2.75) is 77.7 Å². The van der Waals surface area contributed by atoms with Crippen LogP contribution in [0.1, 0.15) is 93.3 Å². The first-order chi connectivity index (χ1) is 14.4. The molecule has 0 bridgehead atoms. The van der Waals surface area contributed by atoms with Crippen LogP contribution in [0.5, 0.6) is 0 Å². The van der Waals surface area contributed by atoms with Crippen LogP contribution in [0.2, 0.25) is 0 Å². The lowest BCUT2D eigenvalue weighted by molar-refractivity contribution is -0.595. The van der Waals surface area contributed by atoms with Gasteiger partial charge in [-0.15, -0.1) is 0 Å². The zero-order valence-electron chi connectivity index (χ0n) is 20.1. The van der Waals surface area contributed by atoms with Crippen LogP contribution in [0.25, 0.3) is 6.08 Å². The Kier molecular flexibility index (Phi) is 4.67. The number of fused-ring (bicyclic) bond motifs is 2. The zero-order valence-corrected chi connectivity index (χ0v) is 20.1. The van der Waals surface area contributed by atoms with Crippen LogP contribution in [-0.2, 0) is 10.8 Å².